The van der Waals surface area contributed by atoms with Gasteiger partial charge in [0.25, 0.3) is 0 Å². The molecule has 0 amide bonds. The Labute approximate surface area is 128 Å². The Morgan fingerprint density at radius 2 is 1.86 bits per heavy atom. The smallest absolute Gasteiger partial charge is 0.226 e. The fourth-order valence-electron chi connectivity index (χ4n) is 3.27. The zero-order valence-corrected chi connectivity index (χ0v) is 12.8. The van der Waals surface area contributed by atoms with Crippen LogP contribution in [0.4, 0.5) is 0 Å². The molecular formula is C17H17ClO3. The third-order valence-electron chi connectivity index (χ3n) is 4.40. The molecule has 2 aliphatic rings. The van der Waals surface area contributed by atoms with Gasteiger partial charge in [-0.3, -0.25) is 0 Å². The molecule has 1 unspecified atom stereocenters. The summed E-state index contributed by atoms with van der Waals surface area (Å²) in [6.45, 7) is 5.27. The lowest BCUT2D eigenvalue weighted by atomic mass is 9.93. The zero-order chi connectivity index (χ0) is 14.8. The van der Waals surface area contributed by atoms with Gasteiger partial charge in [0.1, 0.15) is 6.10 Å². The molecule has 3 nitrogen and oxygen atoms in total. The number of benzene rings is 2. The van der Waals surface area contributed by atoms with Crippen LogP contribution in [0.3, 0.4) is 0 Å². The van der Waals surface area contributed by atoms with Gasteiger partial charge in [0.15, 0.2) is 0 Å². The minimum atomic E-state index is -1.10. The standard InChI is InChI=1S/C17H17ClO3/c1-16(2)8-20-17(21-9-16)12-6-7-13(18)10-4-3-5-11(14(10)12)15(17)19/h3-7,15,19H,8-9H2,1-2H3. The molecule has 0 radical (unpaired) electrons. The number of halogens is 1. The molecule has 1 saturated heterocycles. The molecule has 1 fully saturated rings. The molecule has 110 valence electrons. The van der Waals surface area contributed by atoms with E-state index in [2.05, 4.69) is 13.8 Å². The Hall–Kier alpha value is -1.13. The van der Waals surface area contributed by atoms with Gasteiger partial charge in [0, 0.05) is 21.4 Å². The van der Waals surface area contributed by atoms with Gasteiger partial charge in [0.05, 0.1) is 13.2 Å². The van der Waals surface area contributed by atoms with Gasteiger partial charge in [-0.2, -0.15) is 0 Å². The Bertz CT molecular complexity index is 728. The minimum absolute atomic E-state index is 0.0503. The number of aliphatic hydroxyl groups is 1. The SMILES string of the molecule is CC1(C)COC2(OC1)c1ccc(Cl)c3cccc(c13)C2O. The Morgan fingerprint density at radius 3 is 2.57 bits per heavy atom. The predicted octanol–water partition coefficient (Wildman–Crippen LogP) is 3.77. The van der Waals surface area contributed by atoms with Crippen molar-refractivity contribution >= 4 is 22.4 Å². The molecule has 1 spiro atoms. The largest absolute Gasteiger partial charge is 0.382 e. The van der Waals surface area contributed by atoms with Crippen molar-refractivity contribution in [3.05, 3.63) is 46.5 Å². The van der Waals surface area contributed by atoms with Crippen LogP contribution in [0.1, 0.15) is 31.1 Å². The van der Waals surface area contributed by atoms with E-state index in [0.29, 0.717) is 18.2 Å². The summed E-state index contributed by atoms with van der Waals surface area (Å²) < 4.78 is 12.1. The average molecular weight is 305 g/mol. The molecule has 4 heteroatoms. The molecule has 0 aromatic heterocycles. The maximum atomic E-state index is 10.8. The van der Waals surface area contributed by atoms with E-state index in [1.807, 2.05) is 30.3 Å². The van der Waals surface area contributed by atoms with Gasteiger partial charge in [-0.25, -0.2) is 0 Å². The highest BCUT2D eigenvalue weighted by atomic mass is 35.5. The summed E-state index contributed by atoms with van der Waals surface area (Å²) in [5.74, 6) is -1.10. The van der Waals surface area contributed by atoms with Crippen LogP contribution in [0.5, 0.6) is 0 Å². The maximum Gasteiger partial charge on any atom is 0.226 e. The highest BCUT2D eigenvalue weighted by Crippen LogP contribution is 2.54. The van der Waals surface area contributed by atoms with Crippen molar-refractivity contribution in [1.29, 1.82) is 0 Å². The molecule has 1 atom stereocenters. The summed E-state index contributed by atoms with van der Waals surface area (Å²) >= 11 is 6.29. The molecule has 0 bridgehead atoms. The summed E-state index contributed by atoms with van der Waals surface area (Å²) in [7, 11) is 0. The summed E-state index contributed by atoms with van der Waals surface area (Å²) in [6, 6.07) is 9.53. The summed E-state index contributed by atoms with van der Waals surface area (Å²) in [5.41, 5.74) is 1.65. The molecule has 0 saturated carbocycles. The fourth-order valence-corrected chi connectivity index (χ4v) is 3.49. The van der Waals surface area contributed by atoms with E-state index >= 15 is 0 Å². The highest BCUT2D eigenvalue weighted by molar-refractivity contribution is 6.35. The van der Waals surface area contributed by atoms with Crippen molar-refractivity contribution in [2.45, 2.75) is 25.7 Å². The number of ether oxygens (including phenoxy) is 2. The summed E-state index contributed by atoms with van der Waals surface area (Å²) in [6.07, 6.45) is -0.828. The fraction of sp³-hybridized carbons (Fsp3) is 0.412. The number of hydrogen-bond donors (Lipinski definition) is 1. The Morgan fingerprint density at radius 1 is 1.14 bits per heavy atom. The van der Waals surface area contributed by atoms with Gasteiger partial charge in [-0.1, -0.05) is 49.7 Å². The lowest BCUT2D eigenvalue weighted by molar-refractivity contribution is -0.342. The first-order valence-electron chi connectivity index (χ1n) is 7.12. The molecule has 21 heavy (non-hydrogen) atoms. The Balaban J connectivity index is 1.94. The van der Waals surface area contributed by atoms with Gasteiger partial charge in [-0.15, -0.1) is 0 Å². The molecular weight excluding hydrogens is 288 g/mol. The number of fused-ring (bicyclic) bond motifs is 1. The van der Waals surface area contributed by atoms with Gasteiger partial charge in [-0.05, 0) is 17.0 Å². The minimum Gasteiger partial charge on any atom is -0.382 e. The van der Waals surface area contributed by atoms with E-state index in [1.54, 1.807) is 0 Å². The van der Waals surface area contributed by atoms with E-state index < -0.39 is 11.9 Å². The van der Waals surface area contributed by atoms with Crippen LogP contribution in [0.15, 0.2) is 30.3 Å². The van der Waals surface area contributed by atoms with Crippen LogP contribution in [0.25, 0.3) is 10.8 Å². The number of aliphatic hydroxyl groups excluding tert-OH is 1. The second-order valence-electron chi connectivity index (χ2n) is 6.68. The topological polar surface area (TPSA) is 38.7 Å². The quantitative estimate of drug-likeness (QED) is 0.805. The lowest BCUT2D eigenvalue weighted by Gasteiger charge is -2.43. The Kier molecular flexibility index (Phi) is 2.71. The van der Waals surface area contributed by atoms with Crippen LogP contribution in [0, 0.1) is 5.41 Å². The van der Waals surface area contributed by atoms with Crippen LogP contribution >= 0.6 is 11.6 Å². The lowest BCUT2D eigenvalue weighted by Crippen LogP contribution is -2.47. The molecule has 2 aromatic carbocycles. The van der Waals surface area contributed by atoms with Crippen LogP contribution in [-0.2, 0) is 15.3 Å². The van der Waals surface area contributed by atoms with E-state index in [4.69, 9.17) is 21.1 Å². The third kappa shape index (κ3) is 1.72. The maximum absolute atomic E-state index is 10.8. The van der Waals surface area contributed by atoms with Gasteiger partial charge < -0.3 is 14.6 Å². The third-order valence-corrected chi connectivity index (χ3v) is 4.73. The first-order chi connectivity index (χ1) is 9.95. The van der Waals surface area contributed by atoms with Gasteiger partial charge >= 0.3 is 0 Å². The van der Waals surface area contributed by atoms with Crippen molar-refractivity contribution in [3.63, 3.8) is 0 Å². The van der Waals surface area contributed by atoms with Crippen molar-refractivity contribution in [2.75, 3.05) is 13.2 Å². The van der Waals surface area contributed by atoms with Crippen LogP contribution in [0.2, 0.25) is 5.02 Å². The van der Waals surface area contributed by atoms with E-state index in [-0.39, 0.29) is 5.41 Å². The van der Waals surface area contributed by atoms with Crippen molar-refractivity contribution in [1.82, 2.24) is 0 Å². The monoisotopic (exact) mass is 304 g/mol. The summed E-state index contributed by atoms with van der Waals surface area (Å²) in [5, 5.41) is 13.4. The van der Waals surface area contributed by atoms with E-state index in [0.717, 1.165) is 21.9 Å². The second-order valence-corrected chi connectivity index (χ2v) is 7.08. The van der Waals surface area contributed by atoms with E-state index in [1.165, 1.54) is 0 Å². The molecule has 1 aliphatic carbocycles. The van der Waals surface area contributed by atoms with Crippen LogP contribution < -0.4 is 0 Å². The van der Waals surface area contributed by atoms with Crippen molar-refractivity contribution in [3.8, 4) is 0 Å². The molecule has 1 heterocycles. The molecule has 1 aliphatic heterocycles. The van der Waals surface area contributed by atoms with E-state index in [9.17, 15) is 5.11 Å². The van der Waals surface area contributed by atoms with Crippen molar-refractivity contribution in [2.24, 2.45) is 5.41 Å². The predicted molar refractivity (Wildman–Crippen MR) is 81.3 cm³/mol. The van der Waals surface area contributed by atoms with Gasteiger partial charge in [0.2, 0.25) is 5.79 Å². The second kappa shape index (κ2) is 4.20. The molecule has 1 N–H and O–H groups in total. The first kappa shape index (κ1) is 13.5. The number of rotatable bonds is 0. The first-order valence-corrected chi connectivity index (χ1v) is 7.50. The zero-order valence-electron chi connectivity index (χ0n) is 12.0. The van der Waals surface area contributed by atoms with Crippen molar-refractivity contribution < 1.29 is 14.6 Å². The highest BCUT2D eigenvalue weighted by Gasteiger charge is 2.53. The molecule has 2 aromatic rings. The number of hydrogen-bond acceptors (Lipinski definition) is 3. The molecule has 4 rings (SSSR count). The van der Waals surface area contributed by atoms with Crippen LogP contribution in [-0.4, -0.2) is 18.3 Å². The normalized spacial score (nSPS) is 25.6. The average Bonchev–Trinajstić information content (AvgIpc) is 2.70. The summed E-state index contributed by atoms with van der Waals surface area (Å²) in [4.78, 5) is 0.